The Hall–Kier alpha value is -2.55. The summed E-state index contributed by atoms with van der Waals surface area (Å²) in [4.78, 5) is 27.9. The SMILES string of the molecule is CCOC(=O)N1CCN(C(=O)CSc2nnc(C)n2-c2cc(C)ccc2C)CC1. The van der Waals surface area contributed by atoms with E-state index in [9.17, 15) is 9.59 Å². The van der Waals surface area contributed by atoms with Crippen molar-refractivity contribution in [2.45, 2.75) is 32.9 Å². The summed E-state index contributed by atoms with van der Waals surface area (Å²) < 4.78 is 7.02. The molecular formula is C20H27N5O3S. The van der Waals surface area contributed by atoms with Crippen LogP contribution < -0.4 is 0 Å². The Morgan fingerprint density at radius 1 is 1.07 bits per heavy atom. The molecular weight excluding hydrogens is 390 g/mol. The summed E-state index contributed by atoms with van der Waals surface area (Å²) in [6.07, 6.45) is -0.314. The van der Waals surface area contributed by atoms with Crippen LogP contribution in [0.1, 0.15) is 23.9 Å². The fraction of sp³-hybridized carbons (Fsp3) is 0.500. The van der Waals surface area contributed by atoms with Gasteiger partial charge in [0.15, 0.2) is 5.16 Å². The molecule has 1 aromatic carbocycles. The summed E-state index contributed by atoms with van der Waals surface area (Å²) in [5, 5.41) is 9.19. The number of nitrogens with zero attached hydrogens (tertiary/aromatic N) is 5. The van der Waals surface area contributed by atoms with Gasteiger partial charge in [-0.15, -0.1) is 10.2 Å². The number of ether oxygens (including phenoxy) is 1. The van der Waals surface area contributed by atoms with Gasteiger partial charge in [-0.25, -0.2) is 4.79 Å². The van der Waals surface area contributed by atoms with Gasteiger partial charge in [0.25, 0.3) is 0 Å². The number of amides is 2. The van der Waals surface area contributed by atoms with Crippen molar-refractivity contribution in [3.63, 3.8) is 0 Å². The minimum absolute atomic E-state index is 0.0340. The molecule has 0 radical (unpaired) electrons. The molecule has 29 heavy (non-hydrogen) atoms. The Bertz CT molecular complexity index is 890. The van der Waals surface area contributed by atoms with Gasteiger partial charge in [0.2, 0.25) is 5.91 Å². The van der Waals surface area contributed by atoms with Crippen LogP contribution in [0, 0.1) is 20.8 Å². The van der Waals surface area contributed by atoms with E-state index in [1.165, 1.54) is 11.8 Å². The summed E-state index contributed by atoms with van der Waals surface area (Å²) >= 11 is 1.39. The molecule has 156 valence electrons. The van der Waals surface area contributed by atoms with Crippen molar-refractivity contribution in [1.82, 2.24) is 24.6 Å². The minimum Gasteiger partial charge on any atom is -0.450 e. The Labute approximate surface area is 175 Å². The zero-order chi connectivity index (χ0) is 21.0. The highest BCUT2D eigenvalue weighted by molar-refractivity contribution is 7.99. The number of carbonyl (C=O) groups excluding carboxylic acids is 2. The second-order valence-corrected chi connectivity index (χ2v) is 7.95. The number of rotatable bonds is 5. The normalized spacial score (nSPS) is 14.2. The maximum Gasteiger partial charge on any atom is 0.409 e. The highest BCUT2D eigenvalue weighted by Gasteiger charge is 2.25. The van der Waals surface area contributed by atoms with E-state index in [2.05, 4.69) is 42.2 Å². The molecule has 2 aromatic rings. The van der Waals surface area contributed by atoms with E-state index >= 15 is 0 Å². The largest absolute Gasteiger partial charge is 0.450 e. The Kier molecular flexibility index (Phi) is 6.79. The molecule has 0 N–H and O–H groups in total. The van der Waals surface area contributed by atoms with Crippen molar-refractivity contribution < 1.29 is 14.3 Å². The molecule has 1 saturated heterocycles. The number of piperazine rings is 1. The number of hydrogen-bond donors (Lipinski definition) is 0. The highest BCUT2D eigenvalue weighted by Crippen LogP contribution is 2.25. The van der Waals surface area contributed by atoms with E-state index in [1.54, 1.807) is 16.7 Å². The molecule has 8 nitrogen and oxygen atoms in total. The highest BCUT2D eigenvalue weighted by atomic mass is 32.2. The van der Waals surface area contributed by atoms with E-state index in [-0.39, 0.29) is 17.8 Å². The van der Waals surface area contributed by atoms with E-state index in [1.807, 2.05) is 11.5 Å². The maximum absolute atomic E-state index is 12.7. The van der Waals surface area contributed by atoms with Crippen LogP contribution in [0.3, 0.4) is 0 Å². The molecule has 0 unspecified atom stereocenters. The molecule has 1 aliphatic rings. The average Bonchev–Trinajstić information content (AvgIpc) is 3.08. The van der Waals surface area contributed by atoms with Gasteiger partial charge in [0, 0.05) is 26.2 Å². The summed E-state index contributed by atoms with van der Waals surface area (Å²) in [6, 6.07) is 6.25. The van der Waals surface area contributed by atoms with Crippen LogP contribution >= 0.6 is 11.8 Å². The average molecular weight is 418 g/mol. The van der Waals surface area contributed by atoms with Gasteiger partial charge in [-0.05, 0) is 44.9 Å². The van der Waals surface area contributed by atoms with Crippen molar-refractivity contribution in [2.24, 2.45) is 0 Å². The van der Waals surface area contributed by atoms with Crippen LogP contribution in [0.15, 0.2) is 23.4 Å². The first-order chi connectivity index (χ1) is 13.9. The van der Waals surface area contributed by atoms with Gasteiger partial charge in [0.05, 0.1) is 18.0 Å². The fourth-order valence-electron chi connectivity index (χ4n) is 3.24. The molecule has 2 amide bonds. The first kappa shape index (κ1) is 21.2. The van der Waals surface area contributed by atoms with Gasteiger partial charge in [-0.2, -0.15) is 0 Å². The fourth-order valence-corrected chi connectivity index (χ4v) is 4.14. The van der Waals surface area contributed by atoms with Crippen molar-refractivity contribution in [2.75, 3.05) is 38.5 Å². The molecule has 0 saturated carbocycles. The van der Waals surface area contributed by atoms with Gasteiger partial charge >= 0.3 is 6.09 Å². The maximum atomic E-state index is 12.7. The molecule has 0 bridgehead atoms. The lowest BCUT2D eigenvalue weighted by molar-refractivity contribution is -0.129. The third-order valence-electron chi connectivity index (χ3n) is 4.88. The monoisotopic (exact) mass is 417 g/mol. The van der Waals surface area contributed by atoms with Gasteiger partial charge in [-0.1, -0.05) is 23.9 Å². The second kappa shape index (κ2) is 9.30. The Morgan fingerprint density at radius 3 is 2.45 bits per heavy atom. The van der Waals surface area contributed by atoms with Crippen LogP contribution in [0.25, 0.3) is 5.69 Å². The van der Waals surface area contributed by atoms with E-state index < -0.39 is 0 Å². The number of carbonyl (C=O) groups is 2. The van der Waals surface area contributed by atoms with Crippen molar-refractivity contribution in [1.29, 1.82) is 0 Å². The van der Waals surface area contributed by atoms with Crippen LogP contribution in [0.4, 0.5) is 4.79 Å². The molecule has 1 aromatic heterocycles. The lowest BCUT2D eigenvalue weighted by Crippen LogP contribution is -2.51. The lowest BCUT2D eigenvalue weighted by Gasteiger charge is -2.34. The number of benzene rings is 1. The third-order valence-corrected chi connectivity index (χ3v) is 5.80. The van der Waals surface area contributed by atoms with Crippen molar-refractivity contribution in [3.05, 3.63) is 35.2 Å². The Balaban J connectivity index is 1.62. The number of aromatic nitrogens is 3. The van der Waals surface area contributed by atoms with E-state index in [0.717, 1.165) is 22.6 Å². The summed E-state index contributed by atoms with van der Waals surface area (Å²) in [5.74, 6) is 1.10. The van der Waals surface area contributed by atoms with Crippen LogP contribution in [-0.4, -0.2) is 75.1 Å². The molecule has 9 heteroatoms. The summed E-state index contributed by atoms with van der Waals surface area (Å²) in [5.41, 5.74) is 3.32. The predicted molar refractivity (Wildman–Crippen MR) is 111 cm³/mol. The number of aryl methyl sites for hydroxylation is 3. The molecule has 0 aliphatic carbocycles. The topological polar surface area (TPSA) is 80.6 Å². The quantitative estimate of drug-likeness (QED) is 0.696. The molecule has 3 rings (SSSR count). The van der Waals surface area contributed by atoms with Gasteiger partial charge < -0.3 is 14.5 Å². The zero-order valence-corrected chi connectivity index (χ0v) is 18.2. The number of thioether (sulfide) groups is 1. The van der Waals surface area contributed by atoms with Crippen LogP contribution in [0.5, 0.6) is 0 Å². The van der Waals surface area contributed by atoms with Crippen molar-refractivity contribution in [3.8, 4) is 5.69 Å². The molecule has 1 fully saturated rings. The number of hydrogen-bond acceptors (Lipinski definition) is 6. The first-order valence-corrected chi connectivity index (χ1v) is 10.7. The summed E-state index contributed by atoms with van der Waals surface area (Å²) in [6.45, 7) is 10.2. The molecule has 2 heterocycles. The smallest absolute Gasteiger partial charge is 0.409 e. The molecule has 0 spiro atoms. The standard InChI is InChI=1S/C20H27N5O3S/c1-5-28-20(27)24-10-8-23(9-11-24)18(26)13-29-19-22-21-16(4)25(19)17-12-14(2)6-7-15(17)3/h6-7,12H,5,8-11,13H2,1-4H3. The predicted octanol–water partition coefficient (Wildman–Crippen LogP) is 2.59. The van der Waals surface area contributed by atoms with Crippen molar-refractivity contribution >= 4 is 23.8 Å². The first-order valence-electron chi connectivity index (χ1n) is 9.72. The second-order valence-electron chi connectivity index (χ2n) is 7.01. The summed E-state index contributed by atoms with van der Waals surface area (Å²) in [7, 11) is 0. The van der Waals surface area contributed by atoms with E-state index in [4.69, 9.17) is 4.74 Å². The molecule has 1 aliphatic heterocycles. The van der Waals surface area contributed by atoms with Gasteiger partial charge in [-0.3, -0.25) is 9.36 Å². The third kappa shape index (κ3) is 4.90. The van der Waals surface area contributed by atoms with Crippen LogP contribution in [0.2, 0.25) is 0 Å². The Morgan fingerprint density at radius 2 is 1.76 bits per heavy atom. The zero-order valence-electron chi connectivity index (χ0n) is 17.3. The minimum atomic E-state index is -0.314. The molecule has 0 atom stereocenters. The lowest BCUT2D eigenvalue weighted by atomic mass is 10.1. The van der Waals surface area contributed by atoms with Gasteiger partial charge in [0.1, 0.15) is 5.82 Å². The van der Waals surface area contributed by atoms with E-state index in [0.29, 0.717) is 37.9 Å². The van der Waals surface area contributed by atoms with Crippen LogP contribution in [-0.2, 0) is 9.53 Å².